The molecule has 2 aromatic carbocycles. The number of hydrogen-bond acceptors (Lipinski definition) is 2. The Morgan fingerprint density at radius 3 is 2.46 bits per heavy atom. The summed E-state index contributed by atoms with van der Waals surface area (Å²) in [5.41, 5.74) is 1.47. The first kappa shape index (κ1) is 20.3. The van der Waals surface area contributed by atoms with Crippen LogP contribution in [-0.4, -0.2) is 37.2 Å². The number of ether oxygens (including phenoxy) is 1. The Morgan fingerprint density at radius 1 is 1.11 bits per heavy atom. The number of rotatable bonds is 6. The minimum Gasteiger partial charge on any atom is -0.381 e. The van der Waals surface area contributed by atoms with Gasteiger partial charge in [0, 0.05) is 38.3 Å². The highest BCUT2D eigenvalue weighted by Crippen LogP contribution is 2.34. The summed E-state index contributed by atoms with van der Waals surface area (Å²) in [5, 5.41) is 3.04. The van der Waals surface area contributed by atoms with Gasteiger partial charge in [0.25, 0.3) is 0 Å². The molecule has 4 nitrogen and oxygen atoms in total. The molecule has 6 heteroatoms. The third-order valence-corrected chi connectivity index (χ3v) is 5.42. The van der Waals surface area contributed by atoms with Gasteiger partial charge < -0.3 is 15.0 Å². The fourth-order valence-electron chi connectivity index (χ4n) is 3.67. The van der Waals surface area contributed by atoms with Crippen molar-refractivity contribution in [2.75, 3.05) is 26.3 Å². The van der Waals surface area contributed by atoms with E-state index in [2.05, 4.69) is 5.32 Å². The second kappa shape index (κ2) is 9.15. The van der Waals surface area contributed by atoms with E-state index in [9.17, 15) is 13.6 Å². The van der Waals surface area contributed by atoms with Crippen LogP contribution in [0.25, 0.3) is 0 Å². The van der Waals surface area contributed by atoms with E-state index < -0.39 is 0 Å². The monoisotopic (exact) mass is 388 g/mol. The van der Waals surface area contributed by atoms with Crippen molar-refractivity contribution >= 4 is 6.03 Å². The van der Waals surface area contributed by atoms with Gasteiger partial charge >= 0.3 is 6.03 Å². The highest BCUT2D eigenvalue weighted by atomic mass is 19.1. The van der Waals surface area contributed by atoms with Crippen LogP contribution in [0.15, 0.2) is 48.5 Å². The summed E-state index contributed by atoms with van der Waals surface area (Å²) in [5.74, 6) is -0.589. The number of benzene rings is 2. The lowest BCUT2D eigenvalue weighted by Crippen LogP contribution is -2.48. The van der Waals surface area contributed by atoms with E-state index in [1.54, 1.807) is 29.2 Å². The maximum atomic E-state index is 13.4. The molecule has 1 saturated heterocycles. The SMILES string of the molecule is CCN(Cc1cccc(F)c1)C(=O)NCC1(c2ccc(F)cc2)CCOCC1. The topological polar surface area (TPSA) is 41.6 Å². The van der Waals surface area contributed by atoms with Gasteiger partial charge in [-0.2, -0.15) is 0 Å². The molecule has 0 saturated carbocycles. The maximum Gasteiger partial charge on any atom is 0.317 e. The minimum atomic E-state index is -0.313. The molecule has 2 amide bonds. The van der Waals surface area contributed by atoms with Crippen LogP contribution in [0.4, 0.5) is 13.6 Å². The molecule has 1 heterocycles. The summed E-state index contributed by atoms with van der Waals surface area (Å²) in [6, 6.07) is 12.6. The molecule has 0 aromatic heterocycles. The van der Waals surface area contributed by atoms with E-state index in [1.807, 2.05) is 6.92 Å². The summed E-state index contributed by atoms with van der Waals surface area (Å²) in [6.45, 7) is 4.40. The molecule has 0 unspecified atom stereocenters. The van der Waals surface area contributed by atoms with Gasteiger partial charge in [-0.3, -0.25) is 0 Å². The normalized spacial score (nSPS) is 15.8. The van der Waals surface area contributed by atoms with Crippen LogP contribution in [0.3, 0.4) is 0 Å². The third-order valence-electron chi connectivity index (χ3n) is 5.42. The van der Waals surface area contributed by atoms with E-state index in [-0.39, 0.29) is 23.1 Å². The van der Waals surface area contributed by atoms with Crippen molar-refractivity contribution in [3.63, 3.8) is 0 Å². The zero-order valence-corrected chi connectivity index (χ0v) is 16.1. The summed E-state index contributed by atoms with van der Waals surface area (Å²) in [4.78, 5) is 14.4. The largest absolute Gasteiger partial charge is 0.381 e. The molecule has 1 aliphatic rings. The van der Waals surface area contributed by atoms with Crippen LogP contribution in [0.5, 0.6) is 0 Å². The second-order valence-electron chi connectivity index (χ2n) is 7.20. The molecule has 28 heavy (non-hydrogen) atoms. The van der Waals surface area contributed by atoms with Crippen LogP contribution in [-0.2, 0) is 16.7 Å². The van der Waals surface area contributed by atoms with Gasteiger partial charge in [0.05, 0.1) is 0 Å². The second-order valence-corrected chi connectivity index (χ2v) is 7.20. The first-order valence-corrected chi connectivity index (χ1v) is 9.63. The van der Waals surface area contributed by atoms with Crippen molar-refractivity contribution in [1.82, 2.24) is 10.2 Å². The average molecular weight is 388 g/mol. The highest BCUT2D eigenvalue weighted by Gasteiger charge is 2.35. The number of urea groups is 1. The highest BCUT2D eigenvalue weighted by molar-refractivity contribution is 5.74. The van der Waals surface area contributed by atoms with Crippen LogP contribution in [0.1, 0.15) is 30.9 Å². The van der Waals surface area contributed by atoms with Crippen molar-refractivity contribution in [2.45, 2.75) is 31.7 Å². The zero-order valence-electron chi connectivity index (χ0n) is 16.1. The predicted molar refractivity (Wildman–Crippen MR) is 104 cm³/mol. The molecule has 0 atom stereocenters. The van der Waals surface area contributed by atoms with Crippen molar-refractivity contribution < 1.29 is 18.3 Å². The standard InChI is InChI=1S/C22H26F2N2O2/c1-2-26(15-17-4-3-5-20(24)14-17)21(27)25-16-22(10-12-28-13-11-22)18-6-8-19(23)9-7-18/h3-9,14H,2,10-13,15-16H2,1H3,(H,25,27). The molecule has 0 bridgehead atoms. The predicted octanol–water partition coefficient (Wildman–Crippen LogP) is 4.24. The number of carbonyl (C=O) groups excluding carboxylic acids is 1. The van der Waals surface area contributed by atoms with E-state index in [0.717, 1.165) is 24.0 Å². The zero-order chi connectivity index (χ0) is 20.0. The van der Waals surface area contributed by atoms with Gasteiger partial charge in [0.2, 0.25) is 0 Å². The fraction of sp³-hybridized carbons (Fsp3) is 0.409. The van der Waals surface area contributed by atoms with Crippen molar-refractivity contribution in [3.05, 3.63) is 71.3 Å². The van der Waals surface area contributed by atoms with Gasteiger partial charge in [0.1, 0.15) is 11.6 Å². The van der Waals surface area contributed by atoms with Gasteiger partial charge in [-0.1, -0.05) is 24.3 Å². The number of hydrogen-bond donors (Lipinski definition) is 1. The average Bonchev–Trinajstić information content (AvgIpc) is 2.71. The molecule has 1 aliphatic heterocycles. The number of carbonyl (C=O) groups is 1. The van der Waals surface area contributed by atoms with Crippen molar-refractivity contribution in [2.24, 2.45) is 0 Å². The quantitative estimate of drug-likeness (QED) is 0.804. The van der Waals surface area contributed by atoms with Crippen molar-refractivity contribution in [1.29, 1.82) is 0 Å². The van der Waals surface area contributed by atoms with Gasteiger partial charge in [-0.15, -0.1) is 0 Å². The van der Waals surface area contributed by atoms with E-state index in [1.165, 1.54) is 24.3 Å². The molecule has 1 fully saturated rings. The van der Waals surface area contributed by atoms with E-state index >= 15 is 0 Å². The molecule has 2 aromatic rings. The number of halogens is 2. The Morgan fingerprint density at radius 2 is 1.82 bits per heavy atom. The van der Waals surface area contributed by atoms with Crippen LogP contribution < -0.4 is 5.32 Å². The first-order valence-electron chi connectivity index (χ1n) is 9.63. The maximum absolute atomic E-state index is 13.4. The Kier molecular flexibility index (Phi) is 6.62. The summed E-state index contributed by atoms with van der Waals surface area (Å²) in [6.07, 6.45) is 1.52. The summed E-state index contributed by atoms with van der Waals surface area (Å²) >= 11 is 0. The number of amides is 2. The lowest BCUT2D eigenvalue weighted by Gasteiger charge is -2.38. The third kappa shape index (κ3) is 4.87. The van der Waals surface area contributed by atoms with Crippen LogP contribution >= 0.6 is 0 Å². The Balaban J connectivity index is 1.69. The lowest BCUT2D eigenvalue weighted by molar-refractivity contribution is 0.0501. The smallest absolute Gasteiger partial charge is 0.317 e. The molecular weight excluding hydrogens is 362 g/mol. The van der Waals surface area contributed by atoms with Crippen LogP contribution in [0, 0.1) is 11.6 Å². The van der Waals surface area contributed by atoms with Gasteiger partial charge in [0.15, 0.2) is 0 Å². The number of nitrogens with one attached hydrogen (secondary N) is 1. The van der Waals surface area contributed by atoms with Crippen molar-refractivity contribution in [3.8, 4) is 0 Å². The molecular formula is C22H26F2N2O2. The molecule has 1 N–H and O–H groups in total. The summed E-state index contributed by atoms with van der Waals surface area (Å²) < 4.78 is 32.3. The molecule has 150 valence electrons. The molecule has 3 rings (SSSR count). The van der Waals surface area contributed by atoms with E-state index in [0.29, 0.717) is 32.8 Å². The molecule has 0 spiro atoms. The first-order chi connectivity index (χ1) is 13.5. The summed E-state index contributed by atoms with van der Waals surface area (Å²) in [7, 11) is 0. The fourth-order valence-corrected chi connectivity index (χ4v) is 3.67. The number of nitrogens with zero attached hydrogens (tertiary/aromatic N) is 1. The van der Waals surface area contributed by atoms with Gasteiger partial charge in [-0.05, 0) is 55.2 Å². The Hall–Kier alpha value is -2.47. The lowest BCUT2D eigenvalue weighted by atomic mass is 9.74. The molecule has 0 aliphatic carbocycles. The van der Waals surface area contributed by atoms with Gasteiger partial charge in [-0.25, -0.2) is 13.6 Å². The Labute approximate surface area is 164 Å². The Bertz CT molecular complexity index is 789. The van der Waals surface area contributed by atoms with Crippen LogP contribution in [0.2, 0.25) is 0 Å². The van der Waals surface area contributed by atoms with E-state index in [4.69, 9.17) is 4.74 Å². The minimum absolute atomic E-state index is 0.195. The molecule has 0 radical (unpaired) electrons.